The minimum atomic E-state index is -4.80. The van der Waals surface area contributed by atoms with Crippen LogP contribution in [0, 0.1) is 5.92 Å². The van der Waals surface area contributed by atoms with Gasteiger partial charge in [-0.25, -0.2) is 4.98 Å². The number of aromatic nitrogens is 1. The molecule has 0 unspecified atom stereocenters. The van der Waals surface area contributed by atoms with E-state index in [0.29, 0.717) is 6.42 Å². The highest BCUT2D eigenvalue weighted by Crippen LogP contribution is 2.48. The molecule has 0 amide bonds. The van der Waals surface area contributed by atoms with E-state index in [-0.39, 0.29) is 23.3 Å². The second-order valence-corrected chi connectivity index (χ2v) is 6.62. The first kappa shape index (κ1) is 20.6. The number of nitrogens with zero attached hydrogens (tertiary/aromatic N) is 1. The van der Waals surface area contributed by atoms with Crippen LogP contribution in [0.3, 0.4) is 0 Å². The number of hydrogen-bond acceptors (Lipinski definition) is 5. The van der Waals surface area contributed by atoms with E-state index in [1.165, 1.54) is 19.2 Å². The number of hydrogen-bond donors (Lipinski definition) is 0. The predicted octanol–water partition coefficient (Wildman–Crippen LogP) is 5.46. The second-order valence-electron chi connectivity index (χ2n) is 6.62. The maximum atomic E-state index is 13.3. The first-order chi connectivity index (χ1) is 13.6. The summed E-state index contributed by atoms with van der Waals surface area (Å²) in [5.41, 5.74) is 0.775. The fourth-order valence-electron chi connectivity index (χ4n) is 2.58. The summed E-state index contributed by atoms with van der Waals surface area (Å²) < 4.78 is 66.4. The Kier molecular flexibility index (Phi) is 5.50. The SMILES string of the molecule is CC(=O)C[C@@H](C)/C=C/c1ccc(Oc2ccc3c(c2)OC(F)(F)C(F)(F)O3)nc1. The molecule has 0 fully saturated rings. The van der Waals surface area contributed by atoms with Crippen LogP contribution >= 0.6 is 0 Å². The van der Waals surface area contributed by atoms with Crippen LogP contribution in [0.4, 0.5) is 17.6 Å². The molecule has 2 heterocycles. The summed E-state index contributed by atoms with van der Waals surface area (Å²) in [5.74, 6) is -0.692. The first-order valence-electron chi connectivity index (χ1n) is 8.65. The van der Waals surface area contributed by atoms with E-state index in [2.05, 4.69) is 14.5 Å². The molecule has 0 N–H and O–H groups in total. The van der Waals surface area contributed by atoms with E-state index in [1.807, 2.05) is 19.1 Å². The standard InChI is InChI=1S/C20H17F4NO4/c1-12(9-13(2)26)3-4-14-5-8-18(25-11-14)27-15-6-7-16-17(10-15)29-20(23,24)19(21,22)28-16/h3-8,10-12H,9H2,1-2H3/b4-3+/t12-/m0/s1. The maximum Gasteiger partial charge on any atom is 0.507 e. The summed E-state index contributed by atoms with van der Waals surface area (Å²) in [7, 11) is 0. The Morgan fingerprint density at radius 1 is 1.14 bits per heavy atom. The molecule has 1 aliphatic rings. The Hall–Kier alpha value is -3.10. The number of allylic oxidation sites excluding steroid dienone is 1. The lowest BCUT2D eigenvalue weighted by atomic mass is 10.0. The largest absolute Gasteiger partial charge is 0.507 e. The van der Waals surface area contributed by atoms with Gasteiger partial charge < -0.3 is 19.0 Å². The number of carbonyl (C=O) groups excluding carboxylic acids is 1. The number of ether oxygens (including phenoxy) is 3. The number of Topliss-reactive ketones (excluding diaryl/α,β-unsaturated/α-hetero) is 1. The van der Waals surface area contributed by atoms with E-state index < -0.39 is 23.7 Å². The predicted molar refractivity (Wildman–Crippen MR) is 95.4 cm³/mol. The Morgan fingerprint density at radius 2 is 1.83 bits per heavy atom. The lowest BCUT2D eigenvalue weighted by Gasteiger charge is -2.31. The van der Waals surface area contributed by atoms with Crippen LogP contribution in [-0.4, -0.2) is 23.0 Å². The number of carbonyl (C=O) groups is 1. The van der Waals surface area contributed by atoms with E-state index >= 15 is 0 Å². The molecule has 0 saturated carbocycles. The van der Waals surface area contributed by atoms with Gasteiger partial charge in [-0.05, 0) is 36.6 Å². The Morgan fingerprint density at radius 3 is 2.45 bits per heavy atom. The summed E-state index contributed by atoms with van der Waals surface area (Å²) in [4.78, 5) is 15.2. The molecule has 0 spiro atoms. The average Bonchev–Trinajstić information content (AvgIpc) is 2.61. The number of halogens is 4. The zero-order valence-corrected chi connectivity index (χ0v) is 15.5. The highest BCUT2D eigenvalue weighted by molar-refractivity contribution is 5.76. The van der Waals surface area contributed by atoms with E-state index in [4.69, 9.17) is 4.74 Å². The van der Waals surface area contributed by atoms with E-state index in [9.17, 15) is 22.4 Å². The molecule has 0 bridgehead atoms. The number of ketones is 1. The summed E-state index contributed by atoms with van der Waals surface area (Å²) in [5, 5.41) is 0. The minimum absolute atomic E-state index is 0.0549. The van der Waals surface area contributed by atoms with Crippen LogP contribution < -0.4 is 14.2 Å². The highest BCUT2D eigenvalue weighted by atomic mass is 19.3. The van der Waals surface area contributed by atoms with Gasteiger partial charge in [-0.2, -0.15) is 17.6 Å². The summed E-state index contributed by atoms with van der Waals surface area (Å²) in [6.07, 6.45) is -3.90. The van der Waals surface area contributed by atoms with Crippen molar-refractivity contribution in [2.45, 2.75) is 32.5 Å². The van der Waals surface area contributed by atoms with Gasteiger partial charge in [0.2, 0.25) is 5.88 Å². The van der Waals surface area contributed by atoms with E-state index in [1.54, 1.807) is 12.1 Å². The second kappa shape index (κ2) is 7.73. The van der Waals surface area contributed by atoms with Crippen molar-refractivity contribution >= 4 is 11.9 Å². The normalized spacial score (nSPS) is 17.7. The Bertz CT molecular complexity index is 929. The van der Waals surface area contributed by atoms with Gasteiger partial charge in [-0.15, -0.1) is 0 Å². The number of benzene rings is 1. The molecule has 154 valence electrons. The van der Waals surface area contributed by atoms with Gasteiger partial charge in [0, 0.05) is 24.8 Å². The molecule has 1 aliphatic heterocycles. The van der Waals surface area contributed by atoms with Crippen molar-refractivity contribution in [3.8, 4) is 23.1 Å². The van der Waals surface area contributed by atoms with E-state index in [0.717, 1.165) is 17.7 Å². The summed E-state index contributed by atoms with van der Waals surface area (Å²) in [6.45, 7) is 3.45. The van der Waals surface area contributed by atoms with Gasteiger partial charge in [0.25, 0.3) is 0 Å². The van der Waals surface area contributed by atoms with Crippen LogP contribution in [0.5, 0.6) is 23.1 Å². The lowest BCUT2D eigenvalue weighted by molar-refractivity contribution is -0.391. The third-order valence-corrected chi connectivity index (χ3v) is 3.94. The lowest BCUT2D eigenvalue weighted by Crippen LogP contribution is -2.52. The molecular weight excluding hydrogens is 394 g/mol. The quantitative estimate of drug-likeness (QED) is 0.591. The third kappa shape index (κ3) is 4.85. The van der Waals surface area contributed by atoms with Gasteiger partial charge in [0.05, 0.1) is 0 Å². The van der Waals surface area contributed by atoms with Crippen LogP contribution in [0.15, 0.2) is 42.6 Å². The third-order valence-electron chi connectivity index (χ3n) is 3.94. The number of rotatable bonds is 6. The van der Waals surface area contributed by atoms with Crippen molar-refractivity contribution in [2.75, 3.05) is 0 Å². The van der Waals surface area contributed by atoms with Crippen molar-refractivity contribution in [3.05, 3.63) is 48.2 Å². The molecule has 3 rings (SSSR count). The Balaban J connectivity index is 1.68. The summed E-state index contributed by atoms with van der Waals surface area (Å²) >= 11 is 0. The zero-order valence-electron chi connectivity index (χ0n) is 15.5. The molecule has 0 aliphatic carbocycles. The van der Waals surface area contributed by atoms with Gasteiger partial charge in [0.15, 0.2) is 11.5 Å². The van der Waals surface area contributed by atoms with Crippen molar-refractivity contribution in [1.82, 2.24) is 4.98 Å². The maximum absolute atomic E-state index is 13.3. The molecule has 9 heteroatoms. The molecule has 29 heavy (non-hydrogen) atoms. The fraction of sp³-hybridized carbons (Fsp3) is 0.300. The molecule has 1 aromatic heterocycles. The molecule has 0 saturated heterocycles. The topological polar surface area (TPSA) is 57.7 Å². The van der Waals surface area contributed by atoms with Crippen molar-refractivity contribution in [1.29, 1.82) is 0 Å². The fourth-order valence-corrected chi connectivity index (χ4v) is 2.58. The minimum Gasteiger partial charge on any atom is -0.439 e. The van der Waals surface area contributed by atoms with Crippen molar-refractivity contribution in [2.24, 2.45) is 5.92 Å². The van der Waals surface area contributed by atoms with Crippen LogP contribution in [0.2, 0.25) is 0 Å². The number of alkyl halides is 4. The van der Waals surface area contributed by atoms with Crippen LogP contribution in [0.25, 0.3) is 6.08 Å². The van der Waals surface area contributed by atoms with Crippen LogP contribution in [0.1, 0.15) is 25.8 Å². The van der Waals surface area contributed by atoms with Gasteiger partial charge >= 0.3 is 12.2 Å². The number of pyridine rings is 1. The summed E-state index contributed by atoms with van der Waals surface area (Å²) in [6, 6.07) is 6.58. The molecular formula is C20H17F4NO4. The average molecular weight is 411 g/mol. The monoisotopic (exact) mass is 411 g/mol. The first-order valence-corrected chi connectivity index (χ1v) is 8.65. The smallest absolute Gasteiger partial charge is 0.439 e. The molecule has 1 atom stereocenters. The Labute approximate surface area is 163 Å². The van der Waals surface area contributed by atoms with Crippen molar-refractivity contribution < 1.29 is 36.6 Å². The number of fused-ring (bicyclic) bond motifs is 1. The molecule has 5 nitrogen and oxygen atoms in total. The zero-order chi connectivity index (χ0) is 21.2. The molecule has 1 aromatic carbocycles. The van der Waals surface area contributed by atoms with Crippen LogP contribution in [-0.2, 0) is 4.79 Å². The molecule has 2 aromatic rings. The van der Waals surface area contributed by atoms with Gasteiger partial charge in [-0.3, -0.25) is 0 Å². The molecule has 0 radical (unpaired) electrons. The van der Waals surface area contributed by atoms with Gasteiger partial charge in [-0.1, -0.05) is 19.1 Å². The highest BCUT2D eigenvalue weighted by Gasteiger charge is 2.65. The van der Waals surface area contributed by atoms with Gasteiger partial charge in [0.1, 0.15) is 11.5 Å². The van der Waals surface area contributed by atoms with Crippen molar-refractivity contribution in [3.63, 3.8) is 0 Å².